The van der Waals surface area contributed by atoms with E-state index in [1.54, 1.807) is 13.0 Å². The number of quaternary nitrogens is 1. The maximum absolute atomic E-state index is 12.2. The van der Waals surface area contributed by atoms with E-state index >= 15 is 0 Å². The van der Waals surface area contributed by atoms with E-state index in [2.05, 4.69) is 10.2 Å². The smallest absolute Gasteiger partial charge is 0.338 e. The Bertz CT molecular complexity index is 630. The molecule has 1 rings (SSSR count). The molecule has 118 valence electrons. The number of nitrogens with one attached hydrogen (secondary N) is 1. The number of benzene rings is 1. The average Bonchev–Trinajstić information content (AvgIpc) is 2.47. The number of carbonyl (C=O) groups is 2. The lowest BCUT2D eigenvalue weighted by Gasteiger charge is -2.27. The Morgan fingerprint density at radius 1 is 1.36 bits per heavy atom. The van der Waals surface area contributed by atoms with E-state index in [4.69, 9.17) is 11.3 Å². The Hall–Kier alpha value is -2.39. The van der Waals surface area contributed by atoms with Crippen LogP contribution >= 0.6 is 0 Å². The van der Waals surface area contributed by atoms with Crippen molar-refractivity contribution < 1.29 is 18.8 Å². The van der Waals surface area contributed by atoms with Gasteiger partial charge in [0.05, 0.1) is 45.6 Å². The predicted octanol–water partition coefficient (Wildman–Crippen LogP) is 2.37. The van der Waals surface area contributed by atoms with Gasteiger partial charge in [0.2, 0.25) is 0 Å². The molecule has 1 aromatic rings. The molecule has 0 aliphatic rings. The predicted molar refractivity (Wildman–Crippen MR) is 84.9 cm³/mol. The van der Waals surface area contributed by atoms with E-state index in [1.807, 2.05) is 21.0 Å². The first-order valence-corrected chi connectivity index (χ1v) is 6.96. The van der Waals surface area contributed by atoms with Crippen molar-refractivity contribution in [1.82, 2.24) is 0 Å². The second kappa shape index (κ2) is 7.05. The molecule has 22 heavy (non-hydrogen) atoms. The maximum atomic E-state index is 12.2. The first-order chi connectivity index (χ1) is 10.2. The summed E-state index contributed by atoms with van der Waals surface area (Å²) in [7, 11) is 5.18. The summed E-state index contributed by atoms with van der Waals surface area (Å²) in [5.74, 6) is -0.760. The van der Waals surface area contributed by atoms with Crippen LogP contribution in [0.25, 0.3) is 4.85 Å². The van der Waals surface area contributed by atoms with Crippen molar-refractivity contribution >= 4 is 23.3 Å². The molecule has 6 nitrogen and oxygen atoms in total. The summed E-state index contributed by atoms with van der Waals surface area (Å²) < 4.78 is 5.28. The number of methoxy groups -OCH3 is 1. The van der Waals surface area contributed by atoms with Gasteiger partial charge in [-0.15, -0.1) is 0 Å². The van der Waals surface area contributed by atoms with Crippen LogP contribution in [-0.2, 0) is 9.53 Å². The Labute approximate surface area is 131 Å². The highest BCUT2D eigenvalue weighted by Gasteiger charge is 2.22. The molecule has 0 radical (unpaired) electrons. The molecular formula is C16H22N3O3+. The van der Waals surface area contributed by atoms with Crippen LogP contribution in [0.3, 0.4) is 0 Å². The van der Waals surface area contributed by atoms with Crippen molar-refractivity contribution in [3.05, 3.63) is 34.7 Å². The number of amides is 1. The first kappa shape index (κ1) is 17.7. The molecule has 0 spiro atoms. The normalized spacial score (nSPS) is 10.7. The topological polar surface area (TPSA) is 59.8 Å². The molecule has 0 unspecified atom stereocenters. The quantitative estimate of drug-likeness (QED) is 0.516. The zero-order chi connectivity index (χ0) is 16.9. The number of likely N-dealkylation sites (N-methyl/N-ethyl adjacent to an activating group) is 1. The average molecular weight is 304 g/mol. The van der Waals surface area contributed by atoms with Crippen molar-refractivity contribution in [2.24, 2.45) is 0 Å². The van der Waals surface area contributed by atoms with Crippen molar-refractivity contribution in [3.63, 3.8) is 0 Å². The van der Waals surface area contributed by atoms with Gasteiger partial charge in [0, 0.05) is 0 Å². The maximum Gasteiger partial charge on any atom is 0.338 e. The van der Waals surface area contributed by atoms with Crippen LogP contribution < -0.4 is 5.32 Å². The molecule has 1 aromatic carbocycles. The fraction of sp³-hybridized carbons (Fsp3) is 0.438. The Morgan fingerprint density at radius 3 is 2.50 bits per heavy atom. The van der Waals surface area contributed by atoms with E-state index in [9.17, 15) is 9.59 Å². The van der Waals surface area contributed by atoms with E-state index in [0.29, 0.717) is 28.0 Å². The lowest BCUT2D eigenvalue weighted by molar-refractivity contribution is -0.880. The van der Waals surface area contributed by atoms with E-state index in [1.165, 1.54) is 13.2 Å². The molecule has 1 amide bonds. The van der Waals surface area contributed by atoms with Crippen molar-refractivity contribution in [3.8, 4) is 0 Å². The van der Waals surface area contributed by atoms with Crippen LogP contribution in [0.2, 0.25) is 0 Å². The second-order valence-electron chi connectivity index (χ2n) is 5.75. The third kappa shape index (κ3) is 4.30. The number of hydrogen-bond donors (Lipinski definition) is 1. The number of rotatable bonds is 5. The molecule has 0 aliphatic carbocycles. The van der Waals surface area contributed by atoms with Gasteiger partial charge in [-0.1, -0.05) is 6.07 Å². The monoisotopic (exact) mass is 304 g/mol. The number of hydrogen-bond acceptors (Lipinski definition) is 3. The van der Waals surface area contributed by atoms with Crippen LogP contribution in [0, 0.1) is 13.5 Å². The number of esters is 1. The zero-order valence-electron chi connectivity index (χ0n) is 13.7. The Balaban J connectivity index is 3.16. The molecule has 6 heteroatoms. The number of aryl methyl sites for hydroxylation is 1. The number of ether oxygens (including phenoxy) is 1. The lowest BCUT2D eigenvalue weighted by atomic mass is 10.1. The molecule has 0 bridgehead atoms. The van der Waals surface area contributed by atoms with Crippen molar-refractivity contribution in [2.75, 3.05) is 39.6 Å². The number of nitrogens with zero attached hydrogens (tertiary/aromatic N) is 2. The fourth-order valence-electron chi connectivity index (χ4n) is 1.95. The summed E-state index contributed by atoms with van der Waals surface area (Å²) >= 11 is 0. The van der Waals surface area contributed by atoms with Gasteiger partial charge in [0.1, 0.15) is 0 Å². The SMILES string of the molecule is [C-]#[N+]c1cc(C)c(NC(=O)C[N+](C)(C)CC)c(C(=O)OC)c1. The summed E-state index contributed by atoms with van der Waals surface area (Å²) in [5, 5.41) is 2.78. The fourth-order valence-corrected chi connectivity index (χ4v) is 1.95. The zero-order valence-corrected chi connectivity index (χ0v) is 13.7. The molecule has 0 heterocycles. The summed E-state index contributed by atoms with van der Waals surface area (Å²) in [6.07, 6.45) is 0. The first-order valence-electron chi connectivity index (χ1n) is 6.96. The van der Waals surface area contributed by atoms with E-state index < -0.39 is 5.97 Å². The van der Waals surface area contributed by atoms with Gasteiger partial charge >= 0.3 is 5.97 Å². The highest BCUT2D eigenvalue weighted by Crippen LogP contribution is 2.28. The summed E-state index contributed by atoms with van der Waals surface area (Å²) in [6, 6.07) is 3.07. The van der Waals surface area contributed by atoms with Crippen molar-refractivity contribution in [1.29, 1.82) is 0 Å². The van der Waals surface area contributed by atoms with Gasteiger partial charge in [-0.3, -0.25) is 4.79 Å². The van der Waals surface area contributed by atoms with Gasteiger partial charge in [-0.25, -0.2) is 9.64 Å². The van der Waals surface area contributed by atoms with Crippen LogP contribution in [0.5, 0.6) is 0 Å². The molecule has 0 aromatic heterocycles. The molecule has 0 aliphatic heterocycles. The van der Waals surface area contributed by atoms with Crippen LogP contribution in [0.4, 0.5) is 11.4 Å². The summed E-state index contributed by atoms with van der Waals surface area (Å²) in [6.45, 7) is 11.9. The summed E-state index contributed by atoms with van der Waals surface area (Å²) in [5.41, 5.74) is 1.59. The summed E-state index contributed by atoms with van der Waals surface area (Å²) in [4.78, 5) is 27.4. The van der Waals surface area contributed by atoms with Crippen LogP contribution in [-0.4, -0.2) is 50.7 Å². The molecule has 0 saturated carbocycles. The minimum Gasteiger partial charge on any atom is -0.465 e. The highest BCUT2D eigenvalue weighted by molar-refractivity contribution is 6.03. The third-order valence-corrected chi connectivity index (χ3v) is 3.55. The lowest BCUT2D eigenvalue weighted by Crippen LogP contribution is -2.45. The minimum atomic E-state index is -0.576. The molecular weight excluding hydrogens is 282 g/mol. The van der Waals surface area contributed by atoms with Gasteiger partial charge in [0.15, 0.2) is 12.2 Å². The second-order valence-corrected chi connectivity index (χ2v) is 5.75. The Kier molecular flexibility index (Phi) is 5.66. The van der Waals surface area contributed by atoms with E-state index in [0.717, 1.165) is 6.54 Å². The largest absolute Gasteiger partial charge is 0.465 e. The minimum absolute atomic E-state index is 0.185. The number of anilines is 1. The van der Waals surface area contributed by atoms with Gasteiger partial charge in [-0.05, 0) is 25.5 Å². The van der Waals surface area contributed by atoms with Gasteiger partial charge < -0.3 is 14.5 Å². The van der Waals surface area contributed by atoms with Gasteiger partial charge in [-0.2, -0.15) is 0 Å². The van der Waals surface area contributed by atoms with Crippen LogP contribution in [0.1, 0.15) is 22.8 Å². The van der Waals surface area contributed by atoms with Crippen molar-refractivity contribution in [2.45, 2.75) is 13.8 Å². The number of carbonyl (C=O) groups excluding carboxylic acids is 2. The highest BCUT2D eigenvalue weighted by atomic mass is 16.5. The molecule has 0 atom stereocenters. The van der Waals surface area contributed by atoms with Crippen LogP contribution in [0.15, 0.2) is 12.1 Å². The molecule has 0 fully saturated rings. The molecule has 1 N–H and O–H groups in total. The Morgan fingerprint density at radius 2 is 2.00 bits per heavy atom. The van der Waals surface area contributed by atoms with E-state index in [-0.39, 0.29) is 11.5 Å². The third-order valence-electron chi connectivity index (χ3n) is 3.55. The molecule has 0 saturated heterocycles. The standard InChI is InChI=1S/C16H21N3O3/c1-7-19(4,5)10-14(20)18-15-11(2)8-12(17-3)9-13(15)16(21)22-6/h8-9H,7,10H2,1-2,4-6H3/p+1. The van der Waals surface area contributed by atoms with Gasteiger partial charge in [0.25, 0.3) is 5.91 Å².